The number of hydrogen-bond donors (Lipinski definition) is 2. The number of thiophene rings is 1. The molecule has 0 bridgehead atoms. The van der Waals surface area contributed by atoms with Gasteiger partial charge in [-0.3, -0.25) is 9.59 Å². The van der Waals surface area contributed by atoms with Gasteiger partial charge in [-0.1, -0.05) is 30.3 Å². The van der Waals surface area contributed by atoms with Crippen molar-refractivity contribution in [1.29, 1.82) is 0 Å². The highest BCUT2D eigenvalue weighted by atomic mass is 32.1. The minimum Gasteiger partial charge on any atom is -0.489 e. The largest absolute Gasteiger partial charge is 0.489 e. The average molecular weight is 407 g/mol. The van der Waals surface area contributed by atoms with Crippen LogP contribution in [0.3, 0.4) is 0 Å². The van der Waals surface area contributed by atoms with E-state index in [1.165, 1.54) is 11.3 Å². The molecule has 6 heteroatoms. The molecule has 1 aliphatic carbocycles. The van der Waals surface area contributed by atoms with Crippen molar-refractivity contribution in [3.63, 3.8) is 0 Å². The van der Waals surface area contributed by atoms with E-state index in [-0.39, 0.29) is 17.7 Å². The number of hydrogen-bond acceptors (Lipinski definition) is 4. The molecule has 0 atom stereocenters. The van der Waals surface area contributed by atoms with Crippen molar-refractivity contribution in [1.82, 2.24) is 0 Å². The van der Waals surface area contributed by atoms with Crippen LogP contribution in [0.5, 0.6) is 5.75 Å². The lowest BCUT2D eigenvalue weighted by molar-refractivity contribution is -0.117. The second kappa shape index (κ2) is 8.49. The van der Waals surface area contributed by atoms with E-state index in [0.717, 1.165) is 35.4 Å². The molecule has 1 aliphatic rings. The van der Waals surface area contributed by atoms with E-state index in [9.17, 15) is 9.59 Å². The van der Waals surface area contributed by atoms with E-state index in [0.29, 0.717) is 16.5 Å². The number of carbonyl (C=O) groups is 2. The van der Waals surface area contributed by atoms with E-state index in [2.05, 4.69) is 10.6 Å². The van der Waals surface area contributed by atoms with Crippen LogP contribution in [-0.2, 0) is 11.4 Å². The molecule has 2 aromatic carbocycles. The van der Waals surface area contributed by atoms with Crippen LogP contribution in [0.15, 0.2) is 60.7 Å². The Labute approximate surface area is 173 Å². The van der Waals surface area contributed by atoms with Crippen LogP contribution >= 0.6 is 11.3 Å². The molecule has 2 N–H and O–H groups in total. The molecule has 3 aromatic rings. The number of aryl methyl sites for hydroxylation is 1. The lowest BCUT2D eigenvalue weighted by atomic mass is 10.2. The minimum atomic E-state index is -0.192. The first-order chi connectivity index (χ1) is 14.1. The average Bonchev–Trinajstić information content (AvgIpc) is 3.48. The van der Waals surface area contributed by atoms with Gasteiger partial charge in [0.2, 0.25) is 5.91 Å². The standard InChI is InChI=1S/C23H22N2O3S/c1-15-13-18(28-14-16-5-3-2-4-6-16)9-10-19(15)24-23(27)20-11-12-21(29-20)25-22(26)17-7-8-17/h2-6,9-13,17H,7-8,14H2,1H3,(H,24,27)(H,25,26). The van der Waals surface area contributed by atoms with E-state index in [1.807, 2.05) is 55.5 Å². The predicted molar refractivity (Wildman–Crippen MR) is 116 cm³/mol. The Bertz CT molecular complexity index is 1030. The van der Waals surface area contributed by atoms with Crippen molar-refractivity contribution >= 4 is 33.8 Å². The molecule has 1 heterocycles. The van der Waals surface area contributed by atoms with Crippen LogP contribution in [0, 0.1) is 12.8 Å². The first-order valence-electron chi connectivity index (χ1n) is 9.58. The maximum absolute atomic E-state index is 12.6. The Morgan fingerprint density at radius 1 is 1.03 bits per heavy atom. The van der Waals surface area contributed by atoms with Crippen molar-refractivity contribution < 1.29 is 14.3 Å². The highest BCUT2D eigenvalue weighted by molar-refractivity contribution is 7.18. The zero-order chi connectivity index (χ0) is 20.2. The number of anilines is 2. The summed E-state index contributed by atoms with van der Waals surface area (Å²) in [6.45, 7) is 2.43. The molecular weight excluding hydrogens is 384 g/mol. The highest BCUT2D eigenvalue weighted by Gasteiger charge is 2.29. The van der Waals surface area contributed by atoms with Crippen molar-refractivity contribution in [2.24, 2.45) is 5.92 Å². The Balaban J connectivity index is 1.35. The molecular formula is C23H22N2O3S. The quantitative estimate of drug-likeness (QED) is 0.564. The fourth-order valence-electron chi connectivity index (χ4n) is 2.89. The molecule has 4 rings (SSSR count). The molecule has 0 aliphatic heterocycles. The first-order valence-corrected chi connectivity index (χ1v) is 10.4. The van der Waals surface area contributed by atoms with Gasteiger partial charge in [-0.05, 0) is 61.2 Å². The second-order valence-electron chi connectivity index (χ2n) is 7.13. The third-order valence-electron chi connectivity index (χ3n) is 4.72. The van der Waals surface area contributed by atoms with Crippen LogP contribution in [0.2, 0.25) is 0 Å². The van der Waals surface area contributed by atoms with Crippen molar-refractivity contribution in [2.45, 2.75) is 26.4 Å². The van der Waals surface area contributed by atoms with E-state index < -0.39 is 0 Å². The number of ether oxygens (including phenoxy) is 1. The van der Waals surface area contributed by atoms with Crippen LogP contribution in [0.4, 0.5) is 10.7 Å². The fourth-order valence-corrected chi connectivity index (χ4v) is 3.69. The zero-order valence-corrected chi connectivity index (χ0v) is 16.9. The number of rotatable bonds is 7. The first kappa shape index (κ1) is 19.2. The van der Waals surface area contributed by atoms with Gasteiger partial charge in [-0.25, -0.2) is 0 Å². The third kappa shape index (κ3) is 5.03. The molecule has 1 saturated carbocycles. The topological polar surface area (TPSA) is 67.4 Å². The van der Waals surface area contributed by atoms with Crippen molar-refractivity contribution in [3.8, 4) is 5.75 Å². The lowest BCUT2D eigenvalue weighted by Gasteiger charge is -2.11. The van der Waals surface area contributed by atoms with E-state index in [1.54, 1.807) is 12.1 Å². The molecule has 148 valence electrons. The van der Waals surface area contributed by atoms with E-state index >= 15 is 0 Å². The monoisotopic (exact) mass is 406 g/mol. The van der Waals surface area contributed by atoms with Gasteiger partial charge in [0.05, 0.1) is 9.88 Å². The summed E-state index contributed by atoms with van der Waals surface area (Å²) in [6.07, 6.45) is 1.91. The van der Waals surface area contributed by atoms with Crippen molar-refractivity contribution in [2.75, 3.05) is 10.6 Å². The SMILES string of the molecule is Cc1cc(OCc2ccccc2)ccc1NC(=O)c1ccc(NC(=O)C2CC2)s1. The Morgan fingerprint density at radius 2 is 1.83 bits per heavy atom. The summed E-state index contributed by atoms with van der Waals surface area (Å²) in [5.74, 6) is 0.744. The number of benzene rings is 2. The minimum absolute atomic E-state index is 0.0424. The van der Waals surface area contributed by atoms with Crippen molar-refractivity contribution in [3.05, 3.63) is 76.7 Å². The Kier molecular flexibility index (Phi) is 5.62. The summed E-state index contributed by atoms with van der Waals surface area (Å²) in [4.78, 5) is 25.0. The van der Waals surface area contributed by atoms with Crippen LogP contribution in [0.25, 0.3) is 0 Å². The van der Waals surface area contributed by atoms with Gasteiger partial charge in [0.25, 0.3) is 5.91 Å². The summed E-state index contributed by atoms with van der Waals surface area (Å²) in [6, 6.07) is 19.1. The van der Waals surface area contributed by atoms with Gasteiger partial charge in [-0.15, -0.1) is 11.3 Å². The van der Waals surface area contributed by atoms with Gasteiger partial charge in [-0.2, -0.15) is 0 Å². The summed E-state index contributed by atoms with van der Waals surface area (Å²) in [5.41, 5.74) is 2.76. The van der Waals surface area contributed by atoms with Crippen LogP contribution in [0.1, 0.15) is 33.6 Å². The maximum Gasteiger partial charge on any atom is 0.265 e. The zero-order valence-electron chi connectivity index (χ0n) is 16.1. The molecule has 1 aromatic heterocycles. The van der Waals surface area contributed by atoms with Gasteiger partial charge < -0.3 is 15.4 Å². The Hall–Kier alpha value is -3.12. The molecule has 1 fully saturated rings. The van der Waals surface area contributed by atoms with Crippen LogP contribution in [-0.4, -0.2) is 11.8 Å². The number of amides is 2. The van der Waals surface area contributed by atoms with Gasteiger partial charge in [0.1, 0.15) is 12.4 Å². The van der Waals surface area contributed by atoms with Gasteiger partial charge in [0.15, 0.2) is 0 Å². The lowest BCUT2D eigenvalue weighted by Crippen LogP contribution is -2.12. The fraction of sp³-hybridized carbons (Fsp3) is 0.217. The predicted octanol–water partition coefficient (Wildman–Crippen LogP) is 5.24. The van der Waals surface area contributed by atoms with Gasteiger partial charge >= 0.3 is 0 Å². The summed E-state index contributed by atoms with van der Waals surface area (Å²) in [5, 5.41) is 6.51. The highest BCUT2D eigenvalue weighted by Crippen LogP contribution is 2.32. The summed E-state index contributed by atoms with van der Waals surface area (Å²) >= 11 is 1.28. The molecule has 0 saturated heterocycles. The molecule has 0 radical (unpaired) electrons. The number of carbonyl (C=O) groups excluding carboxylic acids is 2. The smallest absolute Gasteiger partial charge is 0.265 e. The van der Waals surface area contributed by atoms with Gasteiger partial charge in [0, 0.05) is 11.6 Å². The summed E-state index contributed by atoms with van der Waals surface area (Å²) < 4.78 is 5.83. The molecule has 0 spiro atoms. The molecule has 29 heavy (non-hydrogen) atoms. The van der Waals surface area contributed by atoms with Crippen LogP contribution < -0.4 is 15.4 Å². The molecule has 0 unspecified atom stereocenters. The molecule has 2 amide bonds. The second-order valence-corrected chi connectivity index (χ2v) is 8.22. The number of nitrogens with one attached hydrogen (secondary N) is 2. The Morgan fingerprint density at radius 3 is 2.55 bits per heavy atom. The third-order valence-corrected chi connectivity index (χ3v) is 5.72. The van der Waals surface area contributed by atoms with E-state index in [4.69, 9.17) is 4.74 Å². The maximum atomic E-state index is 12.6. The normalized spacial score (nSPS) is 13.0. The molecule has 5 nitrogen and oxygen atoms in total. The summed E-state index contributed by atoms with van der Waals surface area (Å²) in [7, 11) is 0.